The van der Waals surface area contributed by atoms with Crippen molar-refractivity contribution in [2.24, 2.45) is 10.8 Å². The van der Waals surface area contributed by atoms with E-state index in [4.69, 9.17) is 10.8 Å². The van der Waals surface area contributed by atoms with Crippen LogP contribution < -0.4 is 11.1 Å². The zero-order valence-electron chi connectivity index (χ0n) is 13.4. The number of hydrogen-bond donors (Lipinski definition) is 3. The molecule has 1 aromatic carbocycles. The van der Waals surface area contributed by atoms with E-state index in [1.807, 2.05) is 0 Å². The number of aromatic carboxylic acids is 1. The molecule has 4 nitrogen and oxygen atoms in total. The quantitative estimate of drug-likeness (QED) is 0.736. The number of benzene rings is 1. The molecule has 0 spiro atoms. The molecule has 0 unspecified atom stereocenters. The average Bonchev–Trinajstić information content (AvgIpc) is 2.23. The molecule has 4 heteroatoms. The first-order valence-corrected chi connectivity index (χ1v) is 7.47. The van der Waals surface area contributed by atoms with Crippen LogP contribution >= 0.6 is 0 Å². The van der Waals surface area contributed by atoms with Gasteiger partial charge >= 0.3 is 5.97 Å². The van der Waals surface area contributed by atoms with Crippen LogP contribution in [0.3, 0.4) is 0 Å². The Morgan fingerprint density at radius 1 is 1.24 bits per heavy atom. The number of carbonyl (C=O) groups is 1. The average molecular weight is 290 g/mol. The Morgan fingerprint density at radius 2 is 1.81 bits per heavy atom. The summed E-state index contributed by atoms with van der Waals surface area (Å²) in [6.45, 7) is 9.24. The molecule has 0 radical (unpaired) electrons. The van der Waals surface area contributed by atoms with E-state index in [1.165, 1.54) is 6.42 Å². The Labute approximate surface area is 126 Å². The Balaban J connectivity index is 2.14. The third-order valence-electron chi connectivity index (χ3n) is 4.21. The van der Waals surface area contributed by atoms with Gasteiger partial charge in [0.15, 0.2) is 0 Å². The molecule has 0 aromatic heterocycles. The lowest BCUT2D eigenvalue weighted by Crippen LogP contribution is -2.40. The number of hydrogen-bond acceptors (Lipinski definition) is 3. The van der Waals surface area contributed by atoms with Crippen LogP contribution in [0.1, 0.15) is 57.3 Å². The smallest absolute Gasteiger partial charge is 0.337 e. The molecule has 1 aliphatic rings. The number of nitrogens with two attached hydrogens (primary N) is 1. The second kappa shape index (κ2) is 5.24. The van der Waals surface area contributed by atoms with E-state index in [-0.39, 0.29) is 5.56 Å². The van der Waals surface area contributed by atoms with Crippen LogP contribution in [-0.2, 0) is 0 Å². The molecule has 0 amide bonds. The summed E-state index contributed by atoms with van der Waals surface area (Å²) >= 11 is 0. The number of anilines is 2. The zero-order valence-corrected chi connectivity index (χ0v) is 13.4. The standard InChI is InChI=1S/C17H26N2O2/c1-16(2)8-12(9-17(3,4)10-16)19-11-5-6-13(15(20)21)14(18)7-11/h5-7,12,19H,8-10,18H2,1-4H3,(H,20,21). The summed E-state index contributed by atoms with van der Waals surface area (Å²) in [5.74, 6) is -0.987. The van der Waals surface area contributed by atoms with Gasteiger partial charge in [-0.25, -0.2) is 4.79 Å². The Morgan fingerprint density at radius 3 is 2.29 bits per heavy atom. The molecular weight excluding hydrogens is 264 g/mol. The van der Waals surface area contributed by atoms with E-state index in [2.05, 4.69) is 33.0 Å². The minimum Gasteiger partial charge on any atom is -0.478 e. The third-order valence-corrected chi connectivity index (χ3v) is 4.21. The maximum absolute atomic E-state index is 11.0. The van der Waals surface area contributed by atoms with Gasteiger partial charge in [-0.1, -0.05) is 27.7 Å². The largest absolute Gasteiger partial charge is 0.478 e. The fraction of sp³-hybridized carbons (Fsp3) is 0.588. The highest BCUT2D eigenvalue weighted by Crippen LogP contribution is 2.46. The van der Waals surface area contributed by atoms with Gasteiger partial charge in [-0.05, 0) is 48.3 Å². The van der Waals surface area contributed by atoms with Gasteiger partial charge in [0.25, 0.3) is 0 Å². The first-order valence-electron chi connectivity index (χ1n) is 7.47. The van der Waals surface area contributed by atoms with Gasteiger partial charge < -0.3 is 16.2 Å². The van der Waals surface area contributed by atoms with Crippen molar-refractivity contribution in [1.29, 1.82) is 0 Å². The van der Waals surface area contributed by atoms with Gasteiger partial charge in [0, 0.05) is 17.4 Å². The highest BCUT2D eigenvalue weighted by molar-refractivity contribution is 5.94. The van der Waals surface area contributed by atoms with Crippen molar-refractivity contribution in [2.45, 2.75) is 53.0 Å². The van der Waals surface area contributed by atoms with Crippen LogP contribution in [0.5, 0.6) is 0 Å². The van der Waals surface area contributed by atoms with Gasteiger partial charge in [0.05, 0.1) is 5.56 Å². The van der Waals surface area contributed by atoms with E-state index in [1.54, 1.807) is 18.2 Å². The molecule has 116 valence electrons. The topological polar surface area (TPSA) is 75.3 Å². The Hall–Kier alpha value is -1.71. The lowest BCUT2D eigenvalue weighted by Gasteiger charge is -2.45. The maximum Gasteiger partial charge on any atom is 0.337 e. The van der Waals surface area contributed by atoms with Crippen molar-refractivity contribution >= 4 is 17.3 Å². The van der Waals surface area contributed by atoms with E-state index >= 15 is 0 Å². The molecular formula is C17H26N2O2. The van der Waals surface area contributed by atoms with Gasteiger partial charge in [0.2, 0.25) is 0 Å². The molecule has 21 heavy (non-hydrogen) atoms. The van der Waals surface area contributed by atoms with Gasteiger partial charge in [-0.15, -0.1) is 0 Å². The van der Waals surface area contributed by atoms with Crippen LogP contribution in [-0.4, -0.2) is 17.1 Å². The second-order valence-electron chi connectivity index (χ2n) is 7.86. The fourth-order valence-electron chi connectivity index (χ4n) is 4.03. The Bertz CT molecular complexity index is 534. The summed E-state index contributed by atoms with van der Waals surface area (Å²) in [5, 5.41) is 12.5. The molecule has 4 N–H and O–H groups in total. The predicted octanol–water partition coefficient (Wildman–Crippen LogP) is 3.98. The monoisotopic (exact) mass is 290 g/mol. The highest BCUT2D eigenvalue weighted by Gasteiger charge is 2.38. The fourth-order valence-corrected chi connectivity index (χ4v) is 4.03. The predicted molar refractivity (Wildman–Crippen MR) is 86.6 cm³/mol. The van der Waals surface area contributed by atoms with Gasteiger partial charge in [-0.2, -0.15) is 0 Å². The zero-order chi connectivity index (χ0) is 15.8. The highest BCUT2D eigenvalue weighted by atomic mass is 16.4. The maximum atomic E-state index is 11.0. The van der Waals surface area contributed by atoms with Crippen LogP contribution in [0.15, 0.2) is 18.2 Å². The van der Waals surface area contributed by atoms with Crippen molar-refractivity contribution < 1.29 is 9.90 Å². The van der Waals surface area contributed by atoms with Crippen molar-refractivity contribution in [3.63, 3.8) is 0 Å². The SMILES string of the molecule is CC1(C)CC(Nc2ccc(C(=O)O)c(N)c2)CC(C)(C)C1. The number of nitrogen functional groups attached to an aromatic ring is 1. The number of nitrogens with one attached hydrogen (secondary N) is 1. The van der Waals surface area contributed by atoms with Crippen molar-refractivity contribution in [2.75, 3.05) is 11.1 Å². The minimum absolute atomic E-state index is 0.157. The van der Waals surface area contributed by atoms with E-state index < -0.39 is 5.97 Å². The van der Waals surface area contributed by atoms with E-state index in [9.17, 15) is 4.79 Å². The van der Waals surface area contributed by atoms with Crippen molar-refractivity contribution in [1.82, 2.24) is 0 Å². The lowest BCUT2D eigenvalue weighted by atomic mass is 9.63. The molecule has 0 atom stereocenters. The van der Waals surface area contributed by atoms with Gasteiger partial charge in [0.1, 0.15) is 0 Å². The number of carboxylic acid groups (broad SMARTS) is 1. The van der Waals surface area contributed by atoms with Crippen molar-refractivity contribution in [3.05, 3.63) is 23.8 Å². The van der Waals surface area contributed by atoms with Crippen LogP contribution in [0.2, 0.25) is 0 Å². The Kier molecular flexibility index (Phi) is 3.91. The summed E-state index contributed by atoms with van der Waals surface area (Å²) in [6.07, 6.45) is 3.44. The van der Waals surface area contributed by atoms with Crippen LogP contribution in [0, 0.1) is 10.8 Å². The molecule has 1 aliphatic carbocycles. The molecule has 2 rings (SSSR count). The molecule has 1 saturated carbocycles. The van der Waals surface area contributed by atoms with E-state index in [0.29, 0.717) is 22.6 Å². The molecule has 0 saturated heterocycles. The van der Waals surface area contributed by atoms with Crippen LogP contribution in [0.25, 0.3) is 0 Å². The summed E-state index contributed by atoms with van der Waals surface area (Å²) in [6, 6.07) is 5.48. The lowest BCUT2D eigenvalue weighted by molar-refractivity contribution is 0.0698. The second-order valence-corrected chi connectivity index (χ2v) is 7.86. The molecule has 1 aromatic rings. The first-order chi connectivity index (χ1) is 9.58. The summed E-state index contributed by atoms with van der Waals surface area (Å²) < 4.78 is 0. The summed E-state index contributed by atoms with van der Waals surface area (Å²) in [4.78, 5) is 11.0. The molecule has 1 fully saturated rings. The minimum atomic E-state index is -0.987. The summed E-state index contributed by atoms with van der Waals surface area (Å²) in [7, 11) is 0. The first kappa shape index (κ1) is 15.7. The van der Waals surface area contributed by atoms with E-state index in [0.717, 1.165) is 18.5 Å². The normalized spacial score (nSPS) is 21.0. The number of rotatable bonds is 3. The van der Waals surface area contributed by atoms with Crippen molar-refractivity contribution in [3.8, 4) is 0 Å². The van der Waals surface area contributed by atoms with Crippen LogP contribution in [0.4, 0.5) is 11.4 Å². The third kappa shape index (κ3) is 3.90. The molecule has 0 aliphatic heterocycles. The molecule has 0 bridgehead atoms. The van der Waals surface area contributed by atoms with Gasteiger partial charge in [-0.3, -0.25) is 0 Å². The molecule has 0 heterocycles. The number of carboxylic acids is 1. The summed E-state index contributed by atoms with van der Waals surface area (Å²) in [5.41, 5.74) is 7.80.